The number of hydrogen-bond donors (Lipinski definition) is 1. The molecule has 21 heavy (non-hydrogen) atoms. The van der Waals surface area contributed by atoms with Crippen LogP contribution < -0.4 is 5.32 Å². The van der Waals surface area contributed by atoms with Crippen LogP contribution in [0, 0.1) is 5.82 Å². The monoisotopic (exact) mass is 298 g/mol. The molecule has 2 nitrogen and oxygen atoms in total. The SMILES string of the molecule is CCNC(c1cccc(C(F)(F)F)c1)c1ccc(F)cn1. The van der Waals surface area contributed by atoms with Gasteiger partial charge in [-0.05, 0) is 36.4 Å². The molecule has 0 aliphatic rings. The minimum Gasteiger partial charge on any atom is -0.305 e. The lowest BCUT2D eigenvalue weighted by Gasteiger charge is -2.19. The lowest BCUT2D eigenvalue weighted by atomic mass is 10.0. The van der Waals surface area contributed by atoms with Crippen LogP contribution in [0.5, 0.6) is 0 Å². The predicted molar refractivity (Wildman–Crippen MR) is 71.2 cm³/mol. The Balaban J connectivity index is 2.41. The Kier molecular flexibility index (Phi) is 4.57. The maximum absolute atomic E-state index is 12.9. The topological polar surface area (TPSA) is 24.9 Å². The largest absolute Gasteiger partial charge is 0.416 e. The van der Waals surface area contributed by atoms with Gasteiger partial charge in [0.05, 0.1) is 23.5 Å². The molecule has 0 radical (unpaired) electrons. The molecule has 0 saturated carbocycles. The number of nitrogens with zero attached hydrogens (tertiary/aromatic N) is 1. The van der Waals surface area contributed by atoms with E-state index in [0.29, 0.717) is 17.8 Å². The molecule has 0 fully saturated rings. The number of pyridine rings is 1. The molecule has 0 saturated heterocycles. The fourth-order valence-electron chi connectivity index (χ4n) is 2.05. The first kappa shape index (κ1) is 15.4. The van der Waals surface area contributed by atoms with Crippen molar-refractivity contribution in [1.82, 2.24) is 10.3 Å². The number of aromatic nitrogens is 1. The molecule has 1 aromatic heterocycles. The summed E-state index contributed by atoms with van der Waals surface area (Å²) >= 11 is 0. The van der Waals surface area contributed by atoms with Gasteiger partial charge in [-0.2, -0.15) is 13.2 Å². The highest BCUT2D eigenvalue weighted by Gasteiger charge is 2.31. The lowest BCUT2D eigenvalue weighted by molar-refractivity contribution is -0.137. The van der Waals surface area contributed by atoms with Crippen LogP contribution in [-0.2, 0) is 6.18 Å². The Bertz CT molecular complexity index is 593. The molecule has 1 unspecified atom stereocenters. The summed E-state index contributed by atoms with van der Waals surface area (Å²) < 4.78 is 51.3. The highest BCUT2D eigenvalue weighted by Crippen LogP contribution is 2.31. The van der Waals surface area contributed by atoms with Crippen LogP contribution in [0.4, 0.5) is 17.6 Å². The van der Waals surface area contributed by atoms with Gasteiger partial charge in [0.1, 0.15) is 5.82 Å². The quantitative estimate of drug-likeness (QED) is 0.865. The molecule has 0 aliphatic heterocycles. The van der Waals surface area contributed by atoms with E-state index in [2.05, 4.69) is 10.3 Å². The number of halogens is 4. The van der Waals surface area contributed by atoms with Gasteiger partial charge in [-0.25, -0.2) is 4.39 Å². The Morgan fingerprint density at radius 1 is 1.19 bits per heavy atom. The second-order valence-corrected chi connectivity index (χ2v) is 4.52. The minimum atomic E-state index is -4.40. The average molecular weight is 298 g/mol. The van der Waals surface area contributed by atoms with Gasteiger partial charge in [0.2, 0.25) is 0 Å². The highest BCUT2D eigenvalue weighted by atomic mass is 19.4. The third kappa shape index (κ3) is 3.78. The molecular formula is C15H14F4N2. The molecule has 1 N–H and O–H groups in total. The van der Waals surface area contributed by atoms with Crippen LogP contribution in [0.15, 0.2) is 42.6 Å². The van der Waals surface area contributed by atoms with Crippen LogP contribution >= 0.6 is 0 Å². The van der Waals surface area contributed by atoms with E-state index < -0.39 is 23.6 Å². The van der Waals surface area contributed by atoms with Gasteiger partial charge < -0.3 is 5.32 Å². The molecule has 6 heteroatoms. The van der Waals surface area contributed by atoms with E-state index in [1.807, 2.05) is 6.92 Å². The van der Waals surface area contributed by atoms with Gasteiger partial charge >= 0.3 is 6.18 Å². The second-order valence-electron chi connectivity index (χ2n) is 4.52. The van der Waals surface area contributed by atoms with E-state index in [-0.39, 0.29) is 0 Å². The van der Waals surface area contributed by atoms with Crippen molar-refractivity contribution >= 4 is 0 Å². The van der Waals surface area contributed by atoms with E-state index in [4.69, 9.17) is 0 Å². The zero-order valence-corrected chi connectivity index (χ0v) is 11.3. The Hall–Kier alpha value is -1.95. The van der Waals surface area contributed by atoms with Crippen LogP contribution in [0.1, 0.15) is 29.8 Å². The summed E-state index contributed by atoms with van der Waals surface area (Å²) in [6.07, 6.45) is -3.35. The normalized spacial score (nSPS) is 13.2. The number of benzene rings is 1. The summed E-state index contributed by atoms with van der Waals surface area (Å²) in [5, 5.41) is 3.06. The van der Waals surface area contributed by atoms with Gasteiger partial charge in [0, 0.05) is 0 Å². The maximum Gasteiger partial charge on any atom is 0.416 e. The molecule has 2 aromatic rings. The molecule has 2 rings (SSSR count). The first-order chi connectivity index (χ1) is 9.91. The van der Waals surface area contributed by atoms with Crippen molar-refractivity contribution < 1.29 is 17.6 Å². The summed E-state index contributed by atoms with van der Waals surface area (Å²) in [4.78, 5) is 3.95. The Labute approximate surface area is 119 Å². The summed E-state index contributed by atoms with van der Waals surface area (Å²) in [7, 11) is 0. The lowest BCUT2D eigenvalue weighted by Crippen LogP contribution is -2.23. The van der Waals surface area contributed by atoms with E-state index >= 15 is 0 Å². The van der Waals surface area contributed by atoms with Gasteiger partial charge in [0.15, 0.2) is 0 Å². The van der Waals surface area contributed by atoms with Crippen molar-refractivity contribution in [2.75, 3.05) is 6.54 Å². The fourth-order valence-corrected chi connectivity index (χ4v) is 2.05. The van der Waals surface area contributed by atoms with Crippen LogP contribution in [0.3, 0.4) is 0 Å². The molecule has 1 atom stereocenters. The van der Waals surface area contributed by atoms with E-state index in [9.17, 15) is 17.6 Å². The standard InChI is InChI=1S/C15H14F4N2/c1-2-20-14(13-7-6-12(16)9-21-13)10-4-3-5-11(8-10)15(17,18)19/h3-9,14,20H,2H2,1H3. The van der Waals surface area contributed by atoms with Gasteiger partial charge in [0.25, 0.3) is 0 Å². The van der Waals surface area contributed by atoms with Crippen molar-refractivity contribution in [2.45, 2.75) is 19.1 Å². The van der Waals surface area contributed by atoms with Crippen LogP contribution in [-0.4, -0.2) is 11.5 Å². The summed E-state index contributed by atoms with van der Waals surface area (Å²) in [5.41, 5.74) is 0.188. The number of alkyl halides is 3. The van der Waals surface area contributed by atoms with Gasteiger partial charge in [-0.1, -0.05) is 19.1 Å². The number of rotatable bonds is 4. The summed E-state index contributed by atoms with van der Waals surface area (Å²) in [5.74, 6) is -0.488. The summed E-state index contributed by atoms with van der Waals surface area (Å²) in [6.45, 7) is 2.38. The maximum atomic E-state index is 12.9. The molecule has 0 bridgehead atoms. The second kappa shape index (κ2) is 6.22. The first-order valence-corrected chi connectivity index (χ1v) is 6.44. The van der Waals surface area contributed by atoms with Crippen molar-refractivity contribution in [3.8, 4) is 0 Å². The third-order valence-corrected chi connectivity index (χ3v) is 3.00. The Morgan fingerprint density at radius 2 is 1.95 bits per heavy atom. The molecule has 0 aliphatic carbocycles. The highest BCUT2D eigenvalue weighted by molar-refractivity contribution is 5.32. The van der Waals surface area contributed by atoms with Crippen molar-refractivity contribution in [3.05, 3.63) is 65.2 Å². The number of hydrogen-bond acceptors (Lipinski definition) is 2. The van der Waals surface area contributed by atoms with E-state index in [1.165, 1.54) is 18.2 Å². The smallest absolute Gasteiger partial charge is 0.305 e. The van der Waals surface area contributed by atoms with Crippen molar-refractivity contribution in [1.29, 1.82) is 0 Å². The third-order valence-electron chi connectivity index (χ3n) is 3.00. The van der Waals surface area contributed by atoms with Crippen LogP contribution in [0.2, 0.25) is 0 Å². The van der Waals surface area contributed by atoms with Gasteiger partial charge in [-0.15, -0.1) is 0 Å². The molecule has 1 aromatic carbocycles. The van der Waals surface area contributed by atoms with Crippen molar-refractivity contribution in [3.63, 3.8) is 0 Å². The molecule has 0 amide bonds. The van der Waals surface area contributed by atoms with E-state index in [0.717, 1.165) is 18.3 Å². The van der Waals surface area contributed by atoms with Crippen molar-refractivity contribution in [2.24, 2.45) is 0 Å². The molecule has 112 valence electrons. The molecule has 1 heterocycles. The fraction of sp³-hybridized carbons (Fsp3) is 0.267. The molecular weight excluding hydrogens is 284 g/mol. The van der Waals surface area contributed by atoms with E-state index in [1.54, 1.807) is 6.07 Å². The zero-order valence-electron chi connectivity index (χ0n) is 11.3. The molecule has 0 spiro atoms. The van der Waals surface area contributed by atoms with Gasteiger partial charge in [-0.3, -0.25) is 4.98 Å². The van der Waals surface area contributed by atoms with Crippen LogP contribution in [0.25, 0.3) is 0 Å². The predicted octanol–water partition coefficient (Wildman–Crippen LogP) is 3.94. The first-order valence-electron chi connectivity index (χ1n) is 6.44. The number of nitrogens with one attached hydrogen (secondary N) is 1. The average Bonchev–Trinajstić information content (AvgIpc) is 2.45. The minimum absolute atomic E-state index is 0.436. The Morgan fingerprint density at radius 3 is 2.52 bits per heavy atom. The zero-order chi connectivity index (χ0) is 15.5. The summed E-state index contributed by atoms with van der Waals surface area (Å²) in [6, 6.07) is 7.23.